The summed E-state index contributed by atoms with van der Waals surface area (Å²) in [5, 5.41) is 3.05. The number of nitrogens with two attached hydrogens (primary N) is 1. The molecule has 0 saturated carbocycles. The van der Waals surface area contributed by atoms with E-state index >= 15 is 0 Å². The molecule has 0 aliphatic rings. The van der Waals surface area contributed by atoms with Gasteiger partial charge < -0.3 is 11.1 Å². The van der Waals surface area contributed by atoms with Crippen LogP contribution in [0.4, 0.5) is 0 Å². The van der Waals surface area contributed by atoms with E-state index in [1.54, 1.807) is 0 Å². The smallest absolute Gasteiger partial charge is 0.234 e. The number of carbonyl (C=O) groups excluding carboxylic acids is 1. The van der Waals surface area contributed by atoms with Crippen molar-refractivity contribution in [1.82, 2.24) is 10.2 Å². The maximum Gasteiger partial charge on any atom is 0.234 e. The molecule has 0 saturated heterocycles. The van der Waals surface area contributed by atoms with Crippen LogP contribution in [-0.2, 0) is 4.79 Å². The molecular formula is C14H31N3O. The molecule has 3 N–H and O–H groups in total. The molecule has 0 heterocycles. The molecule has 0 aliphatic carbocycles. The van der Waals surface area contributed by atoms with Gasteiger partial charge in [-0.2, -0.15) is 0 Å². The Hall–Kier alpha value is -0.610. The number of carbonyl (C=O) groups is 1. The lowest BCUT2D eigenvalue weighted by atomic mass is 10.0. The van der Waals surface area contributed by atoms with Gasteiger partial charge in [-0.3, -0.25) is 9.69 Å². The first-order chi connectivity index (χ1) is 8.40. The van der Waals surface area contributed by atoms with E-state index in [4.69, 9.17) is 5.73 Å². The highest BCUT2D eigenvalue weighted by Crippen LogP contribution is 2.03. The number of nitrogens with zero attached hydrogens (tertiary/aromatic N) is 1. The summed E-state index contributed by atoms with van der Waals surface area (Å²) in [4.78, 5) is 13.8. The van der Waals surface area contributed by atoms with Gasteiger partial charge >= 0.3 is 0 Å². The molecule has 4 heteroatoms. The second kappa shape index (κ2) is 9.34. The van der Waals surface area contributed by atoms with Crippen molar-refractivity contribution >= 4 is 5.91 Å². The van der Waals surface area contributed by atoms with Crippen LogP contribution in [0.2, 0.25) is 0 Å². The standard InChI is InChI=1S/C14H31N3O/c1-6-12(7-2)16-14(18)10-17(5)9-8-13(15)11(3)4/h11-13H,6-10,15H2,1-5H3,(H,16,18). The molecule has 0 rings (SSSR count). The first-order valence-corrected chi connectivity index (χ1v) is 7.14. The Morgan fingerprint density at radius 1 is 1.28 bits per heavy atom. The third kappa shape index (κ3) is 7.67. The van der Waals surface area contributed by atoms with Crippen LogP contribution in [0.25, 0.3) is 0 Å². The summed E-state index contributed by atoms with van der Waals surface area (Å²) in [7, 11) is 1.97. The molecule has 0 aliphatic heterocycles. The Balaban J connectivity index is 3.86. The molecule has 4 nitrogen and oxygen atoms in total. The highest BCUT2D eigenvalue weighted by atomic mass is 16.2. The predicted molar refractivity (Wildman–Crippen MR) is 77.4 cm³/mol. The van der Waals surface area contributed by atoms with Crippen LogP contribution in [0.1, 0.15) is 47.0 Å². The van der Waals surface area contributed by atoms with Gasteiger partial charge in [-0.25, -0.2) is 0 Å². The van der Waals surface area contributed by atoms with Gasteiger partial charge in [0.15, 0.2) is 0 Å². The van der Waals surface area contributed by atoms with E-state index in [0.717, 1.165) is 25.8 Å². The highest BCUT2D eigenvalue weighted by molar-refractivity contribution is 5.78. The van der Waals surface area contributed by atoms with Gasteiger partial charge in [-0.05, 0) is 38.8 Å². The summed E-state index contributed by atoms with van der Waals surface area (Å²) in [6.07, 6.45) is 2.92. The van der Waals surface area contributed by atoms with Crippen LogP contribution in [0.3, 0.4) is 0 Å². The average Bonchev–Trinajstić information content (AvgIpc) is 2.32. The van der Waals surface area contributed by atoms with Crippen molar-refractivity contribution in [3.8, 4) is 0 Å². The molecule has 0 radical (unpaired) electrons. The zero-order valence-electron chi connectivity index (χ0n) is 12.7. The van der Waals surface area contributed by atoms with Gasteiger partial charge in [0.1, 0.15) is 0 Å². The first kappa shape index (κ1) is 17.4. The highest BCUT2D eigenvalue weighted by Gasteiger charge is 2.12. The van der Waals surface area contributed by atoms with Crippen LogP contribution >= 0.6 is 0 Å². The van der Waals surface area contributed by atoms with Crippen molar-refractivity contribution in [2.75, 3.05) is 20.1 Å². The van der Waals surface area contributed by atoms with Gasteiger partial charge in [0, 0.05) is 12.1 Å². The number of likely N-dealkylation sites (N-methyl/N-ethyl adjacent to an activating group) is 1. The van der Waals surface area contributed by atoms with E-state index in [0.29, 0.717) is 18.5 Å². The molecular weight excluding hydrogens is 226 g/mol. The Morgan fingerprint density at radius 2 is 1.83 bits per heavy atom. The number of hydrogen-bond acceptors (Lipinski definition) is 3. The van der Waals surface area contributed by atoms with E-state index in [-0.39, 0.29) is 11.9 Å². The summed E-state index contributed by atoms with van der Waals surface area (Å²) < 4.78 is 0. The van der Waals surface area contributed by atoms with Gasteiger partial charge in [0.2, 0.25) is 5.91 Å². The quantitative estimate of drug-likeness (QED) is 0.659. The fourth-order valence-electron chi connectivity index (χ4n) is 1.79. The maximum atomic E-state index is 11.8. The van der Waals surface area contributed by atoms with E-state index in [1.807, 2.05) is 11.9 Å². The molecule has 0 aromatic heterocycles. The van der Waals surface area contributed by atoms with E-state index in [1.165, 1.54) is 0 Å². The third-order valence-electron chi connectivity index (χ3n) is 3.46. The summed E-state index contributed by atoms with van der Waals surface area (Å²) in [5.74, 6) is 0.612. The topological polar surface area (TPSA) is 58.4 Å². The Bertz CT molecular complexity index is 227. The van der Waals surface area contributed by atoms with Crippen molar-refractivity contribution in [1.29, 1.82) is 0 Å². The van der Waals surface area contributed by atoms with Crippen molar-refractivity contribution in [2.24, 2.45) is 11.7 Å². The van der Waals surface area contributed by atoms with Gasteiger partial charge in [-0.1, -0.05) is 27.7 Å². The molecule has 0 aromatic carbocycles. The van der Waals surface area contributed by atoms with E-state index < -0.39 is 0 Å². The largest absolute Gasteiger partial charge is 0.352 e. The average molecular weight is 257 g/mol. The Morgan fingerprint density at radius 3 is 2.28 bits per heavy atom. The number of hydrogen-bond donors (Lipinski definition) is 2. The number of amides is 1. The fraction of sp³-hybridized carbons (Fsp3) is 0.929. The molecule has 0 fully saturated rings. The molecule has 1 amide bonds. The normalized spacial score (nSPS) is 13.4. The maximum absolute atomic E-state index is 11.8. The van der Waals surface area contributed by atoms with Crippen LogP contribution in [0, 0.1) is 5.92 Å². The lowest BCUT2D eigenvalue weighted by Crippen LogP contribution is -2.41. The molecule has 0 spiro atoms. The van der Waals surface area contributed by atoms with Gasteiger partial charge in [-0.15, -0.1) is 0 Å². The SMILES string of the molecule is CCC(CC)NC(=O)CN(C)CCC(N)C(C)C. The third-order valence-corrected chi connectivity index (χ3v) is 3.46. The van der Waals surface area contributed by atoms with E-state index in [2.05, 4.69) is 33.0 Å². The van der Waals surface area contributed by atoms with Crippen LogP contribution in [-0.4, -0.2) is 43.0 Å². The van der Waals surface area contributed by atoms with Gasteiger partial charge in [0.05, 0.1) is 6.54 Å². The monoisotopic (exact) mass is 257 g/mol. The Labute approximate surface area is 112 Å². The number of nitrogens with one attached hydrogen (secondary N) is 1. The molecule has 108 valence electrons. The molecule has 1 atom stereocenters. The zero-order chi connectivity index (χ0) is 14.1. The van der Waals surface area contributed by atoms with E-state index in [9.17, 15) is 4.79 Å². The van der Waals surface area contributed by atoms with Crippen molar-refractivity contribution < 1.29 is 4.79 Å². The fourth-order valence-corrected chi connectivity index (χ4v) is 1.79. The summed E-state index contributed by atoms with van der Waals surface area (Å²) in [6.45, 7) is 9.78. The van der Waals surface area contributed by atoms with Crippen molar-refractivity contribution in [3.05, 3.63) is 0 Å². The lowest BCUT2D eigenvalue weighted by molar-refractivity contribution is -0.122. The summed E-state index contributed by atoms with van der Waals surface area (Å²) in [5.41, 5.74) is 5.99. The van der Waals surface area contributed by atoms with Crippen LogP contribution < -0.4 is 11.1 Å². The minimum atomic E-state index is 0.115. The van der Waals surface area contributed by atoms with Gasteiger partial charge in [0.25, 0.3) is 0 Å². The molecule has 18 heavy (non-hydrogen) atoms. The minimum absolute atomic E-state index is 0.115. The Kier molecular flexibility index (Phi) is 9.02. The van der Waals surface area contributed by atoms with Crippen LogP contribution in [0.15, 0.2) is 0 Å². The lowest BCUT2D eigenvalue weighted by Gasteiger charge is -2.22. The second-order valence-electron chi connectivity index (χ2n) is 5.52. The second-order valence-corrected chi connectivity index (χ2v) is 5.52. The minimum Gasteiger partial charge on any atom is -0.352 e. The van der Waals surface area contributed by atoms with Crippen molar-refractivity contribution in [2.45, 2.75) is 59.0 Å². The predicted octanol–water partition coefficient (Wildman–Crippen LogP) is 1.60. The summed E-state index contributed by atoms with van der Waals surface area (Å²) in [6, 6.07) is 0.526. The molecule has 0 aromatic rings. The first-order valence-electron chi connectivity index (χ1n) is 7.14. The number of rotatable bonds is 9. The van der Waals surface area contributed by atoms with Crippen molar-refractivity contribution in [3.63, 3.8) is 0 Å². The van der Waals surface area contributed by atoms with Crippen LogP contribution in [0.5, 0.6) is 0 Å². The summed E-state index contributed by atoms with van der Waals surface area (Å²) >= 11 is 0. The molecule has 1 unspecified atom stereocenters. The zero-order valence-corrected chi connectivity index (χ0v) is 12.7. The molecule has 0 bridgehead atoms.